The Bertz CT molecular complexity index is 1130. The highest BCUT2D eigenvalue weighted by Crippen LogP contribution is 2.30. The number of fused-ring (bicyclic) bond motifs is 2. The molecule has 150 valence electrons. The molecule has 0 saturated heterocycles. The van der Waals surface area contributed by atoms with E-state index in [0.29, 0.717) is 0 Å². The SMILES string of the molecule is CCc1nc2c(-c3cc4cc(CN(C)C5CCCCC5)ccc4[nH]3)ccnc2[nH]1. The minimum atomic E-state index is 0.735. The van der Waals surface area contributed by atoms with Crippen LogP contribution in [0.3, 0.4) is 0 Å². The maximum absolute atomic E-state index is 4.74. The largest absolute Gasteiger partial charge is 0.354 e. The topological polar surface area (TPSA) is 60.6 Å². The van der Waals surface area contributed by atoms with Gasteiger partial charge >= 0.3 is 0 Å². The minimum Gasteiger partial charge on any atom is -0.354 e. The fraction of sp³-hybridized carbons (Fsp3) is 0.417. The fourth-order valence-electron chi connectivity index (χ4n) is 4.71. The molecule has 0 spiro atoms. The van der Waals surface area contributed by atoms with Gasteiger partial charge in [0.15, 0.2) is 5.65 Å². The van der Waals surface area contributed by atoms with Gasteiger partial charge in [-0.25, -0.2) is 9.97 Å². The third-order valence-electron chi connectivity index (χ3n) is 6.37. The second kappa shape index (κ2) is 7.64. The van der Waals surface area contributed by atoms with Crippen LogP contribution in [0.15, 0.2) is 36.5 Å². The van der Waals surface area contributed by atoms with Crippen LogP contribution in [0.5, 0.6) is 0 Å². The van der Waals surface area contributed by atoms with Crippen molar-refractivity contribution in [3.8, 4) is 11.3 Å². The maximum Gasteiger partial charge on any atom is 0.158 e. The lowest BCUT2D eigenvalue weighted by molar-refractivity contribution is 0.184. The van der Waals surface area contributed by atoms with E-state index < -0.39 is 0 Å². The van der Waals surface area contributed by atoms with Crippen LogP contribution in [0.25, 0.3) is 33.3 Å². The highest BCUT2D eigenvalue weighted by Gasteiger charge is 2.18. The molecule has 5 nitrogen and oxygen atoms in total. The third-order valence-corrected chi connectivity index (χ3v) is 6.37. The summed E-state index contributed by atoms with van der Waals surface area (Å²) < 4.78 is 0. The average molecular weight is 388 g/mol. The monoisotopic (exact) mass is 387 g/mol. The van der Waals surface area contributed by atoms with E-state index in [2.05, 4.69) is 58.1 Å². The molecule has 0 unspecified atom stereocenters. The molecule has 5 rings (SSSR count). The fourth-order valence-corrected chi connectivity index (χ4v) is 4.71. The van der Waals surface area contributed by atoms with E-state index in [-0.39, 0.29) is 0 Å². The lowest BCUT2D eigenvalue weighted by atomic mass is 9.94. The molecule has 4 aromatic rings. The summed E-state index contributed by atoms with van der Waals surface area (Å²) in [4.78, 5) is 18.6. The molecule has 0 aliphatic heterocycles. The zero-order valence-electron chi connectivity index (χ0n) is 17.3. The van der Waals surface area contributed by atoms with Crippen molar-refractivity contribution in [3.05, 3.63) is 47.9 Å². The van der Waals surface area contributed by atoms with Crippen LogP contribution in [0.2, 0.25) is 0 Å². The number of imidazole rings is 1. The molecular weight excluding hydrogens is 358 g/mol. The summed E-state index contributed by atoms with van der Waals surface area (Å²) in [5, 5.41) is 1.26. The molecule has 5 heteroatoms. The van der Waals surface area contributed by atoms with Crippen molar-refractivity contribution >= 4 is 22.1 Å². The van der Waals surface area contributed by atoms with Gasteiger partial charge in [0.1, 0.15) is 11.3 Å². The second-order valence-corrected chi connectivity index (χ2v) is 8.40. The molecule has 1 aliphatic carbocycles. The second-order valence-electron chi connectivity index (χ2n) is 8.40. The Kier molecular flexibility index (Phi) is 4.84. The number of benzene rings is 1. The van der Waals surface area contributed by atoms with Crippen molar-refractivity contribution in [1.29, 1.82) is 0 Å². The molecule has 0 radical (unpaired) electrons. The number of H-pyrrole nitrogens is 2. The molecule has 1 aliphatic rings. The van der Waals surface area contributed by atoms with Crippen LogP contribution in [-0.2, 0) is 13.0 Å². The number of aryl methyl sites for hydroxylation is 1. The van der Waals surface area contributed by atoms with Gasteiger partial charge in [0.2, 0.25) is 0 Å². The van der Waals surface area contributed by atoms with E-state index in [1.54, 1.807) is 0 Å². The van der Waals surface area contributed by atoms with Crippen LogP contribution in [-0.4, -0.2) is 37.9 Å². The number of nitrogens with one attached hydrogen (secondary N) is 2. The highest BCUT2D eigenvalue weighted by molar-refractivity contribution is 5.94. The van der Waals surface area contributed by atoms with E-state index in [1.807, 2.05) is 12.3 Å². The molecule has 0 atom stereocenters. The number of pyridine rings is 1. The molecule has 1 fully saturated rings. The van der Waals surface area contributed by atoms with E-state index in [4.69, 9.17) is 4.98 Å². The highest BCUT2D eigenvalue weighted by atomic mass is 15.1. The third kappa shape index (κ3) is 3.55. The predicted molar refractivity (Wildman–Crippen MR) is 119 cm³/mol. The molecule has 1 aromatic carbocycles. The quantitative estimate of drug-likeness (QED) is 0.480. The van der Waals surface area contributed by atoms with Gasteiger partial charge in [-0.2, -0.15) is 0 Å². The molecule has 29 heavy (non-hydrogen) atoms. The van der Waals surface area contributed by atoms with Crippen molar-refractivity contribution < 1.29 is 0 Å². The zero-order valence-corrected chi connectivity index (χ0v) is 17.3. The summed E-state index contributed by atoms with van der Waals surface area (Å²) in [5.41, 5.74) is 6.53. The van der Waals surface area contributed by atoms with Gasteiger partial charge in [0.05, 0.1) is 0 Å². The van der Waals surface area contributed by atoms with Crippen molar-refractivity contribution in [2.24, 2.45) is 0 Å². The van der Waals surface area contributed by atoms with E-state index in [0.717, 1.165) is 47.3 Å². The summed E-state index contributed by atoms with van der Waals surface area (Å²) in [7, 11) is 2.28. The van der Waals surface area contributed by atoms with E-state index in [9.17, 15) is 0 Å². The van der Waals surface area contributed by atoms with Gasteiger partial charge in [0.25, 0.3) is 0 Å². The predicted octanol–water partition coefficient (Wildman–Crippen LogP) is 5.43. The van der Waals surface area contributed by atoms with Crippen LogP contribution in [0, 0.1) is 0 Å². The molecule has 2 N–H and O–H groups in total. The molecule has 1 saturated carbocycles. The summed E-state index contributed by atoms with van der Waals surface area (Å²) in [6.07, 6.45) is 9.57. The Labute approximate surface area is 171 Å². The number of aromatic amines is 2. The zero-order chi connectivity index (χ0) is 19.8. The Morgan fingerprint density at radius 3 is 2.76 bits per heavy atom. The van der Waals surface area contributed by atoms with Crippen molar-refractivity contribution in [3.63, 3.8) is 0 Å². The van der Waals surface area contributed by atoms with Gasteiger partial charge in [-0.15, -0.1) is 0 Å². The summed E-state index contributed by atoms with van der Waals surface area (Å²) >= 11 is 0. The van der Waals surface area contributed by atoms with Crippen LogP contribution in [0.1, 0.15) is 50.4 Å². The summed E-state index contributed by atoms with van der Waals surface area (Å²) in [5.74, 6) is 0.976. The number of hydrogen-bond donors (Lipinski definition) is 2. The van der Waals surface area contributed by atoms with Gasteiger partial charge < -0.3 is 9.97 Å². The summed E-state index contributed by atoms with van der Waals surface area (Å²) in [6.45, 7) is 3.12. The number of nitrogens with zero attached hydrogens (tertiary/aromatic N) is 3. The Morgan fingerprint density at radius 2 is 1.93 bits per heavy atom. The lowest BCUT2D eigenvalue weighted by Gasteiger charge is -2.31. The molecule has 0 bridgehead atoms. The number of hydrogen-bond acceptors (Lipinski definition) is 3. The van der Waals surface area contributed by atoms with E-state index in [1.165, 1.54) is 48.6 Å². The lowest BCUT2D eigenvalue weighted by Crippen LogP contribution is -2.32. The van der Waals surface area contributed by atoms with Gasteiger partial charge in [-0.3, -0.25) is 4.90 Å². The smallest absolute Gasteiger partial charge is 0.158 e. The number of aromatic nitrogens is 4. The van der Waals surface area contributed by atoms with E-state index >= 15 is 0 Å². The standard InChI is InChI=1S/C24H29N5/c1-3-22-27-23-19(11-12-25-24(23)28-22)21-14-17-13-16(9-10-20(17)26-21)15-29(2)18-7-5-4-6-8-18/h9-14,18,26H,3-8,15H2,1-2H3,(H,25,27,28). The average Bonchev–Trinajstić information content (AvgIpc) is 3.37. The Balaban J connectivity index is 1.44. The Morgan fingerprint density at radius 1 is 1.07 bits per heavy atom. The first-order valence-electron chi connectivity index (χ1n) is 10.9. The maximum atomic E-state index is 4.74. The van der Waals surface area contributed by atoms with Crippen LogP contribution >= 0.6 is 0 Å². The van der Waals surface area contributed by atoms with Gasteiger partial charge in [0, 0.05) is 47.4 Å². The first-order chi connectivity index (χ1) is 14.2. The van der Waals surface area contributed by atoms with Crippen LogP contribution < -0.4 is 0 Å². The summed E-state index contributed by atoms with van der Waals surface area (Å²) in [6, 6.07) is 11.8. The first kappa shape index (κ1) is 18.4. The Hall–Kier alpha value is -2.66. The van der Waals surface area contributed by atoms with Crippen molar-refractivity contribution in [1.82, 2.24) is 24.8 Å². The van der Waals surface area contributed by atoms with Gasteiger partial charge in [-0.1, -0.05) is 32.3 Å². The van der Waals surface area contributed by atoms with Crippen LogP contribution in [0.4, 0.5) is 0 Å². The molecule has 3 heterocycles. The van der Waals surface area contributed by atoms with Crippen molar-refractivity contribution in [2.75, 3.05) is 7.05 Å². The normalized spacial score (nSPS) is 15.7. The van der Waals surface area contributed by atoms with Crippen molar-refractivity contribution in [2.45, 2.75) is 58.0 Å². The molecule has 3 aromatic heterocycles. The number of rotatable bonds is 5. The van der Waals surface area contributed by atoms with Gasteiger partial charge in [-0.05, 0) is 49.7 Å². The molecular formula is C24H29N5. The molecule has 0 amide bonds. The minimum absolute atomic E-state index is 0.735. The first-order valence-corrected chi connectivity index (χ1v) is 10.9.